The molecule has 0 saturated heterocycles. The Morgan fingerprint density at radius 1 is 1.00 bits per heavy atom. The van der Waals surface area contributed by atoms with E-state index in [1.165, 1.54) is 21.9 Å². The highest BCUT2D eigenvalue weighted by Gasteiger charge is 2.19. The monoisotopic (exact) mass is 409 g/mol. The van der Waals surface area contributed by atoms with Gasteiger partial charge >= 0.3 is 0 Å². The lowest BCUT2D eigenvalue weighted by Gasteiger charge is -2.18. The van der Waals surface area contributed by atoms with E-state index in [1.807, 2.05) is 7.05 Å². The zero-order valence-electron chi connectivity index (χ0n) is 10.9. The number of fused-ring (bicyclic) bond motifs is 1. The first-order valence-electron chi connectivity index (χ1n) is 6.30. The first-order valence-corrected chi connectivity index (χ1v) is 8.70. The van der Waals surface area contributed by atoms with Gasteiger partial charge < -0.3 is 5.32 Å². The molecule has 1 aromatic heterocycles. The highest BCUT2D eigenvalue weighted by atomic mass is 79.9. The van der Waals surface area contributed by atoms with Gasteiger partial charge in [0.25, 0.3) is 0 Å². The number of hydrogen-bond acceptors (Lipinski definition) is 2. The van der Waals surface area contributed by atoms with Gasteiger partial charge in [-0.15, -0.1) is 11.3 Å². The van der Waals surface area contributed by atoms with Crippen molar-refractivity contribution < 1.29 is 0 Å². The summed E-state index contributed by atoms with van der Waals surface area (Å²) >= 11 is 8.94. The molecule has 0 aliphatic heterocycles. The Hall–Kier alpha value is -0.680. The summed E-state index contributed by atoms with van der Waals surface area (Å²) in [7, 11) is 2.00. The molecule has 1 N–H and O–H groups in total. The molecule has 1 atom stereocenters. The molecule has 4 heteroatoms. The van der Waals surface area contributed by atoms with Crippen LogP contribution in [0.15, 0.2) is 56.1 Å². The number of nitrogens with one attached hydrogen (secondary N) is 1. The standard InChI is InChI=1S/C16H13Br2NS/c1-19-15(13-9-14(17)20-16(13)18)12-8-4-6-10-5-2-3-7-11(10)12/h2-9,15,19H,1H3. The Bertz CT molecular complexity index is 746. The lowest BCUT2D eigenvalue weighted by Crippen LogP contribution is -2.17. The molecule has 3 aromatic rings. The van der Waals surface area contributed by atoms with E-state index in [0.29, 0.717) is 0 Å². The highest BCUT2D eigenvalue weighted by Crippen LogP contribution is 2.39. The summed E-state index contributed by atoms with van der Waals surface area (Å²) in [4.78, 5) is 0. The molecule has 0 spiro atoms. The zero-order valence-corrected chi connectivity index (χ0v) is 14.8. The smallest absolute Gasteiger partial charge is 0.0761 e. The van der Waals surface area contributed by atoms with Crippen LogP contribution in [0.3, 0.4) is 0 Å². The summed E-state index contributed by atoms with van der Waals surface area (Å²) < 4.78 is 2.30. The zero-order chi connectivity index (χ0) is 14.1. The maximum atomic E-state index is 3.67. The van der Waals surface area contributed by atoms with E-state index in [2.05, 4.69) is 85.7 Å². The van der Waals surface area contributed by atoms with Crippen molar-refractivity contribution >= 4 is 54.0 Å². The van der Waals surface area contributed by atoms with Crippen molar-refractivity contribution in [3.63, 3.8) is 0 Å². The summed E-state index contributed by atoms with van der Waals surface area (Å²) in [6.07, 6.45) is 0. The summed E-state index contributed by atoms with van der Waals surface area (Å²) in [6, 6.07) is 17.3. The molecule has 102 valence electrons. The van der Waals surface area contributed by atoms with Gasteiger partial charge in [0.15, 0.2) is 0 Å². The second-order valence-corrected chi connectivity index (χ2v) is 8.32. The molecule has 0 amide bonds. The molecule has 3 rings (SSSR count). The first kappa shape index (κ1) is 14.3. The Morgan fingerprint density at radius 2 is 1.75 bits per heavy atom. The predicted molar refractivity (Wildman–Crippen MR) is 94.6 cm³/mol. The minimum Gasteiger partial charge on any atom is -0.309 e. The van der Waals surface area contributed by atoms with Crippen LogP contribution < -0.4 is 5.32 Å². The van der Waals surface area contributed by atoms with Gasteiger partial charge in [0, 0.05) is 0 Å². The number of halogens is 2. The molecule has 0 radical (unpaired) electrons. The van der Waals surface area contributed by atoms with Crippen LogP contribution in [-0.2, 0) is 0 Å². The third-order valence-corrected chi connectivity index (χ3v) is 5.80. The fourth-order valence-corrected chi connectivity index (χ4v) is 5.43. The second-order valence-electron chi connectivity index (χ2n) is 4.57. The maximum absolute atomic E-state index is 3.67. The Morgan fingerprint density at radius 3 is 2.45 bits per heavy atom. The Labute approximate surface area is 139 Å². The molecule has 1 nitrogen and oxygen atoms in total. The molecule has 0 aliphatic carbocycles. The second kappa shape index (κ2) is 5.98. The SMILES string of the molecule is CNC(c1cc(Br)sc1Br)c1cccc2ccccc12. The van der Waals surface area contributed by atoms with Crippen molar-refractivity contribution in [2.75, 3.05) is 7.05 Å². The number of benzene rings is 2. The van der Waals surface area contributed by atoms with Crippen LogP contribution in [-0.4, -0.2) is 7.05 Å². The van der Waals surface area contributed by atoms with E-state index in [4.69, 9.17) is 0 Å². The molecular weight excluding hydrogens is 398 g/mol. The molecule has 0 fully saturated rings. The van der Waals surface area contributed by atoms with Gasteiger partial charge in [-0.2, -0.15) is 0 Å². The summed E-state index contributed by atoms with van der Waals surface area (Å²) in [5.41, 5.74) is 2.57. The number of thiophene rings is 1. The van der Waals surface area contributed by atoms with Crippen LogP contribution in [0, 0.1) is 0 Å². The summed E-state index contributed by atoms with van der Waals surface area (Å²) in [5, 5.41) is 6.01. The largest absolute Gasteiger partial charge is 0.309 e. The number of rotatable bonds is 3. The minimum atomic E-state index is 0.179. The highest BCUT2D eigenvalue weighted by molar-refractivity contribution is 9.12. The van der Waals surface area contributed by atoms with Crippen molar-refractivity contribution in [3.8, 4) is 0 Å². The lowest BCUT2D eigenvalue weighted by atomic mass is 9.95. The van der Waals surface area contributed by atoms with Crippen LogP contribution in [0.25, 0.3) is 10.8 Å². The first-order chi connectivity index (χ1) is 9.70. The molecular formula is C16H13Br2NS. The van der Waals surface area contributed by atoms with E-state index in [9.17, 15) is 0 Å². The molecule has 1 heterocycles. The van der Waals surface area contributed by atoms with Crippen LogP contribution in [0.5, 0.6) is 0 Å². The van der Waals surface area contributed by atoms with E-state index in [-0.39, 0.29) is 6.04 Å². The lowest BCUT2D eigenvalue weighted by molar-refractivity contribution is 0.697. The van der Waals surface area contributed by atoms with Gasteiger partial charge in [-0.05, 0) is 66.9 Å². The van der Waals surface area contributed by atoms with Crippen molar-refractivity contribution in [3.05, 3.63) is 67.2 Å². The quantitative estimate of drug-likeness (QED) is 0.580. The Balaban J connectivity index is 2.19. The average Bonchev–Trinajstić information content (AvgIpc) is 2.79. The average molecular weight is 411 g/mol. The van der Waals surface area contributed by atoms with Crippen molar-refractivity contribution in [2.24, 2.45) is 0 Å². The minimum absolute atomic E-state index is 0.179. The molecule has 0 aliphatic rings. The van der Waals surface area contributed by atoms with Gasteiger partial charge in [0.05, 0.1) is 13.6 Å². The van der Waals surface area contributed by atoms with Crippen molar-refractivity contribution in [1.29, 1.82) is 0 Å². The van der Waals surface area contributed by atoms with Crippen molar-refractivity contribution in [1.82, 2.24) is 5.32 Å². The normalized spacial score (nSPS) is 12.8. The fraction of sp³-hybridized carbons (Fsp3) is 0.125. The van der Waals surface area contributed by atoms with E-state index in [1.54, 1.807) is 11.3 Å². The van der Waals surface area contributed by atoms with E-state index in [0.717, 1.165) is 7.57 Å². The molecule has 2 aromatic carbocycles. The predicted octanol–water partition coefficient (Wildman–Crippen LogP) is 5.74. The van der Waals surface area contributed by atoms with E-state index < -0.39 is 0 Å². The number of hydrogen-bond donors (Lipinski definition) is 1. The third-order valence-electron chi connectivity index (χ3n) is 3.42. The van der Waals surface area contributed by atoms with Crippen LogP contribution >= 0.6 is 43.2 Å². The van der Waals surface area contributed by atoms with Gasteiger partial charge in [-0.25, -0.2) is 0 Å². The maximum Gasteiger partial charge on any atom is 0.0761 e. The molecule has 20 heavy (non-hydrogen) atoms. The van der Waals surface area contributed by atoms with Crippen molar-refractivity contribution in [2.45, 2.75) is 6.04 Å². The van der Waals surface area contributed by atoms with Gasteiger partial charge in [-0.3, -0.25) is 0 Å². The van der Waals surface area contributed by atoms with Gasteiger partial charge in [0.2, 0.25) is 0 Å². The van der Waals surface area contributed by atoms with Crippen LogP contribution in [0.2, 0.25) is 0 Å². The van der Waals surface area contributed by atoms with Gasteiger partial charge in [0.1, 0.15) is 0 Å². The van der Waals surface area contributed by atoms with E-state index >= 15 is 0 Å². The summed E-state index contributed by atoms with van der Waals surface area (Å²) in [6.45, 7) is 0. The molecule has 0 bridgehead atoms. The Kier molecular flexibility index (Phi) is 4.26. The molecule has 1 unspecified atom stereocenters. The third kappa shape index (κ3) is 2.58. The molecule has 0 saturated carbocycles. The summed E-state index contributed by atoms with van der Waals surface area (Å²) in [5.74, 6) is 0. The van der Waals surface area contributed by atoms with Crippen LogP contribution in [0.1, 0.15) is 17.2 Å². The fourth-order valence-electron chi connectivity index (χ4n) is 2.53. The van der Waals surface area contributed by atoms with Gasteiger partial charge in [-0.1, -0.05) is 42.5 Å². The van der Waals surface area contributed by atoms with Crippen LogP contribution in [0.4, 0.5) is 0 Å². The topological polar surface area (TPSA) is 12.0 Å².